The van der Waals surface area contributed by atoms with Crippen LogP contribution >= 0.6 is 0 Å². The minimum Gasteiger partial charge on any atom is -0.478 e. The second-order valence-electron chi connectivity index (χ2n) is 9.72. The van der Waals surface area contributed by atoms with Gasteiger partial charge in [0.25, 0.3) is 0 Å². The van der Waals surface area contributed by atoms with Crippen molar-refractivity contribution in [3.8, 4) is 0 Å². The molecule has 1 amide bonds. The SMILES string of the molecule is CCCCCCCCCCCCCC(=O)OCC(O)C(O)[C@@H]1OC(C(=O)O)=CC(N=C(N)N)C1NC(C)=O. The standard InChI is InChI=1S/C26H46N4O8/c1-3-4-5-6-7-8-9-10-11-12-13-14-21(33)37-16-19(32)23(34)24-22(29-17(2)31)18(30-26(27)28)15-20(38-24)25(35)36/h15,18-19,22-24,32,34H,3-14,16H2,1-2H3,(H,29,31)(H,35,36)(H4,27,28,30)/t18?,19?,22?,23?,24-/m1/s1. The molecule has 1 aliphatic heterocycles. The summed E-state index contributed by atoms with van der Waals surface area (Å²) in [6, 6.07) is -2.19. The Hall–Kier alpha value is -2.86. The molecule has 0 aromatic carbocycles. The number of nitrogens with two attached hydrogens (primary N) is 2. The van der Waals surface area contributed by atoms with Crippen molar-refractivity contribution in [3.05, 3.63) is 11.8 Å². The van der Waals surface area contributed by atoms with Gasteiger partial charge in [0.15, 0.2) is 5.96 Å². The number of carbonyl (C=O) groups is 3. The smallest absolute Gasteiger partial charge is 0.370 e. The Morgan fingerprint density at radius 2 is 1.58 bits per heavy atom. The van der Waals surface area contributed by atoms with Crippen LogP contribution in [0, 0.1) is 0 Å². The Bertz CT molecular complexity index is 800. The molecule has 12 nitrogen and oxygen atoms in total. The van der Waals surface area contributed by atoms with Gasteiger partial charge in [-0.2, -0.15) is 0 Å². The lowest BCUT2D eigenvalue weighted by molar-refractivity contribution is -0.156. The maximum Gasteiger partial charge on any atom is 0.370 e. The van der Waals surface area contributed by atoms with Crippen molar-refractivity contribution in [2.75, 3.05) is 6.61 Å². The molecule has 0 saturated carbocycles. The molecule has 1 heterocycles. The van der Waals surface area contributed by atoms with E-state index in [1.54, 1.807) is 0 Å². The highest BCUT2D eigenvalue weighted by atomic mass is 16.6. The third-order valence-corrected chi connectivity index (χ3v) is 6.32. The molecule has 218 valence electrons. The van der Waals surface area contributed by atoms with Crippen LogP contribution < -0.4 is 16.8 Å². The van der Waals surface area contributed by atoms with E-state index in [1.807, 2.05) is 0 Å². The molecular formula is C26H46N4O8. The average Bonchev–Trinajstić information content (AvgIpc) is 2.85. The van der Waals surface area contributed by atoms with Gasteiger partial charge in [0.2, 0.25) is 11.7 Å². The first-order valence-corrected chi connectivity index (χ1v) is 13.6. The first kappa shape index (κ1) is 33.2. The van der Waals surface area contributed by atoms with E-state index in [9.17, 15) is 29.7 Å². The van der Waals surface area contributed by atoms with Crippen LogP contribution in [0.2, 0.25) is 0 Å². The summed E-state index contributed by atoms with van der Waals surface area (Å²) in [5, 5.41) is 33.1. The van der Waals surface area contributed by atoms with Crippen LogP contribution in [0.1, 0.15) is 90.9 Å². The molecule has 12 heteroatoms. The lowest BCUT2D eigenvalue weighted by Crippen LogP contribution is -2.60. The second-order valence-corrected chi connectivity index (χ2v) is 9.72. The zero-order valence-corrected chi connectivity index (χ0v) is 22.6. The number of carboxylic acid groups (broad SMARTS) is 1. The van der Waals surface area contributed by atoms with Crippen molar-refractivity contribution >= 4 is 23.8 Å². The highest BCUT2D eigenvalue weighted by Crippen LogP contribution is 2.25. The molecule has 0 radical (unpaired) electrons. The highest BCUT2D eigenvalue weighted by Gasteiger charge is 2.44. The maximum absolute atomic E-state index is 12.1. The van der Waals surface area contributed by atoms with Gasteiger partial charge >= 0.3 is 11.9 Å². The van der Waals surface area contributed by atoms with E-state index in [-0.39, 0.29) is 12.4 Å². The number of nitrogens with one attached hydrogen (secondary N) is 1. The highest BCUT2D eigenvalue weighted by molar-refractivity contribution is 5.85. The Balaban J connectivity index is 2.50. The minimum absolute atomic E-state index is 0.187. The third kappa shape index (κ3) is 13.1. The van der Waals surface area contributed by atoms with Gasteiger partial charge in [-0.1, -0.05) is 71.1 Å². The largest absolute Gasteiger partial charge is 0.478 e. The normalized spacial score (nSPS) is 20.4. The molecule has 0 saturated heterocycles. The Morgan fingerprint density at radius 1 is 1.03 bits per heavy atom. The predicted octanol–water partition coefficient (Wildman–Crippen LogP) is 1.47. The summed E-state index contributed by atoms with van der Waals surface area (Å²) in [4.78, 5) is 39.2. The topological polar surface area (TPSA) is 207 Å². The molecule has 1 aliphatic rings. The van der Waals surface area contributed by atoms with Gasteiger partial charge in [0.1, 0.15) is 24.9 Å². The van der Waals surface area contributed by atoms with Crippen LogP contribution in [0.25, 0.3) is 0 Å². The molecule has 4 unspecified atom stereocenters. The van der Waals surface area contributed by atoms with Crippen LogP contribution in [0.3, 0.4) is 0 Å². The zero-order valence-electron chi connectivity index (χ0n) is 22.6. The number of amides is 1. The molecule has 0 aromatic rings. The number of aliphatic hydroxyl groups is 2. The summed E-state index contributed by atoms with van der Waals surface area (Å²) in [6.07, 6.45) is 9.13. The predicted molar refractivity (Wildman–Crippen MR) is 142 cm³/mol. The molecule has 0 aliphatic carbocycles. The van der Waals surface area contributed by atoms with E-state index in [1.165, 1.54) is 51.9 Å². The first-order valence-electron chi connectivity index (χ1n) is 13.6. The molecule has 0 bridgehead atoms. The van der Waals surface area contributed by atoms with E-state index in [2.05, 4.69) is 17.2 Å². The minimum atomic E-state index is -1.73. The Morgan fingerprint density at radius 3 is 2.08 bits per heavy atom. The lowest BCUT2D eigenvalue weighted by Gasteiger charge is -2.38. The first-order chi connectivity index (χ1) is 18.1. The van der Waals surface area contributed by atoms with Gasteiger partial charge in [-0.25, -0.2) is 9.79 Å². The third-order valence-electron chi connectivity index (χ3n) is 6.32. The Kier molecular flexibility index (Phi) is 16.1. The molecule has 1 rings (SSSR count). The number of nitrogens with zero attached hydrogens (tertiary/aromatic N) is 1. The summed E-state index contributed by atoms with van der Waals surface area (Å²) in [5.74, 6) is -3.43. The number of hydrogen-bond donors (Lipinski definition) is 6. The average molecular weight is 543 g/mol. The Labute approximate surface area is 224 Å². The van der Waals surface area contributed by atoms with E-state index in [4.69, 9.17) is 20.9 Å². The quantitative estimate of drug-likeness (QED) is 0.0599. The zero-order chi connectivity index (χ0) is 28.5. The number of carboxylic acids is 1. The van der Waals surface area contributed by atoms with E-state index < -0.39 is 60.6 Å². The summed E-state index contributed by atoms with van der Waals surface area (Å²) in [5.41, 5.74) is 10.9. The van der Waals surface area contributed by atoms with Crippen LogP contribution in [0.15, 0.2) is 16.8 Å². The van der Waals surface area contributed by atoms with Crippen molar-refractivity contribution in [1.82, 2.24) is 5.32 Å². The number of aliphatic hydroxyl groups excluding tert-OH is 2. The number of unbranched alkanes of at least 4 members (excludes halogenated alkanes) is 10. The number of aliphatic imine (C=N–C) groups is 1. The number of carbonyl (C=O) groups excluding carboxylic acids is 2. The molecule has 8 N–H and O–H groups in total. The number of aliphatic carboxylic acids is 1. The van der Waals surface area contributed by atoms with Crippen LogP contribution in [-0.4, -0.2) is 76.1 Å². The van der Waals surface area contributed by atoms with E-state index in [0.717, 1.165) is 25.3 Å². The number of esters is 1. The number of rotatable bonds is 19. The number of hydrogen-bond acceptors (Lipinski definition) is 8. The van der Waals surface area contributed by atoms with Crippen molar-refractivity contribution in [1.29, 1.82) is 0 Å². The monoisotopic (exact) mass is 542 g/mol. The fourth-order valence-corrected chi connectivity index (χ4v) is 4.31. The summed E-state index contributed by atoms with van der Waals surface area (Å²) < 4.78 is 10.5. The number of guanidine groups is 1. The van der Waals surface area contributed by atoms with E-state index in [0.29, 0.717) is 6.42 Å². The van der Waals surface area contributed by atoms with Crippen molar-refractivity contribution < 1.29 is 39.2 Å². The maximum atomic E-state index is 12.1. The van der Waals surface area contributed by atoms with Gasteiger partial charge in [-0.3, -0.25) is 9.59 Å². The van der Waals surface area contributed by atoms with Crippen molar-refractivity contribution in [3.63, 3.8) is 0 Å². The summed E-state index contributed by atoms with van der Waals surface area (Å²) >= 11 is 0. The lowest BCUT2D eigenvalue weighted by atomic mass is 9.92. The fraction of sp³-hybridized carbons (Fsp3) is 0.769. The fourth-order valence-electron chi connectivity index (χ4n) is 4.31. The van der Waals surface area contributed by atoms with Crippen LogP contribution in [0.4, 0.5) is 0 Å². The molecule has 0 spiro atoms. The van der Waals surface area contributed by atoms with Crippen LogP contribution in [-0.2, 0) is 23.9 Å². The van der Waals surface area contributed by atoms with E-state index >= 15 is 0 Å². The number of ether oxygens (including phenoxy) is 2. The van der Waals surface area contributed by atoms with Gasteiger partial charge in [0, 0.05) is 13.3 Å². The molecule has 38 heavy (non-hydrogen) atoms. The molecule has 0 aromatic heterocycles. The molecule has 5 atom stereocenters. The van der Waals surface area contributed by atoms with Gasteiger partial charge in [-0.05, 0) is 12.5 Å². The molecule has 0 fully saturated rings. The molecular weight excluding hydrogens is 496 g/mol. The summed E-state index contributed by atoms with van der Waals surface area (Å²) in [7, 11) is 0. The van der Waals surface area contributed by atoms with Gasteiger partial charge < -0.3 is 41.6 Å². The van der Waals surface area contributed by atoms with Crippen LogP contribution in [0.5, 0.6) is 0 Å². The van der Waals surface area contributed by atoms with Crippen molar-refractivity contribution in [2.45, 2.75) is 121 Å². The van der Waals surface area contributed by atoms with Gasteiger partial charge in [-0.15, -0.1) is 0 Å². The van der Waals surface area contributed by atoms with Gasteiger partial charge in [0.05, 0.1) is 12.1 Å². The summed E-state index contributed by atoms with van der Waals surface area (Å²) in [6.45, 7) is 2.88. The van der Waals surface area contributed by atoms with Crippen molar-refractivity contribution in [2.24, 2.45) is 16.5 Å². The second kappa shape index (κ2) is 18.4.